The normalized spacial score (nSPS) is 11.9. The van der Waals surface area contributed by atoms with E-state index in [2.05, 4.69) is 0 Å². The monoisotopic (exact) mass is 367 g/mol. The van der Waals surface area contributed by atoms with Crippen LogP contribution in [-0.4, -0.2) is 32.1 Å². The SMILES string of the molecule is COc1ccc(F)cc1/C=C/C(=O)/C=C(O)/C=C/c1ccc(N(C)C)cc1. The van der Waals surface area contributed by atoms with Gasteiger partial charge in [-0.2, -0.15) is 0 Å². The van der Waals surface area contributed by atoms with Gasteiger partial charge in [0.1, 0.15) is 17.3 Å². The molecule has 2 aromatic carbocycles. The lowest BCUT2D eigenvalue weighted by atomic mass is 10.1. The number of carbonyl (C=O) groups is 1. The van der Waals surface area contributed by atoms with E-state index in [0.717, 1.165) is 17.3 Å². The van der Waals surface area contributed by atoms with E-state index in [9.17, 15) is 14.3 Å². The lowest BCUT2D eigenvalue weighted by molar-refractivity contribution is -0.110. The van der Waals surface area contributed by atoms with E-state index >= 15 is 0 Å². The van der Waals surface area contributed by atoms with Crippen molar-refractivity contribution in [3.8, 4) is 5.75 Å². The van der Waals surface area contributed by atoms with E-state index in [1.165, 1.54) is 43.5 Å². The molecule has 0 aliphatic carbocycles. The second kappa shape index (κ2) is 9.38. The van der Waals surface area contributed by atoms with Crippen molar-refractivity contribution in [2.75, 3.05) is 26.1 Å². The van der Waals surface area contributed by atoms with Gasteiger partial charge in [-0.3, -0.25) is 4.79 Å². The van der Waals surface area contributed by atoms with Gasteiger partial charge in [0.25, 0.3) is 0 Å². The summed E-state index contributed by atoms with van der Waals surface area (Å²) in [7, 11) is 5.38. The Morgan fingerprint density at radius 1 is 1.07 bits per heavy atom. The minimum atomic E-state index is -0.426. The molecular formula is C22H22FNO3. The number of hydrogen-bond acceptors (Lipinski definition) is 4. The lowest BCUT2D eigenvalue weighted by Gasteiger charge is -2.11. The van der Waals surface area contributed by atoms with Crippen molar-refractivity contribution in [1.29, 1.82) is 0 Å². The minimum Gasteiger partial charge on any atom is -0.508 e. The number of allylic oxidation sites excluding steroid dienone is 3. The number of ketones is 1. The number of nitrogens with zero attached hydrogens (tertiary/aromatic N) is 1. The first-order valence-electron chi connectivity index (χ1n) is 8.31. The lowest BCUT2D eigenvalue weighted by Crippen LogP contribution is -2.07. The number of halogens is 1. The predicted octanol–water partition coefficient (Wildman–Crippen LogP) is 4.64. The van der Waals surface area contributed by atoms with Gasteiger partial charge in [0.2, 0.25) is 0 Å². The second-order valence-electron chi connectivity index (χ2n) is 6.01. The average molecular weight is 367 g/mol. The molecule has 0 spiro atoms. The quantitative estimate of drug-likeness (QED) is 0.440. The Balaban J connectivity index is 2.04. The molecule has 1 N–H and O–H groups in total. The van der Waals surface area contributed by atoms with Gasteiger partial charge in [0.15, 0.2) is 5.78 Å². The fourth-order valence-corrected chi connectivity index (χ4v) is 2.31. The number of aliphatic hydroxyl groups excluding tert-OH is 1. The van der Waals surface area contributed by atoms with Crippen LogP contribution in [0.5, 0.6) is 5.75 Å². The van der Waals surface area contributed by atoms with Crippen LogP contribution < -0.4 is 9.64 Å². The van der Waals surface area contributed by atoms with Gasteiger partial charge in [-0.15, -0.1) is 0 Å². The molecule has 0 aliphatic heterocycles. The first-order chi connectivity index (χ1) is 12.9. The van der Waals surface area contributed by atoms with E-state index in [0.29, 0.717) is 11.3 Å². The number of benzene rings is 2. The van der Waals surface area contributed by atoms with Crippen molar-refractivity contribution in [3.05, 3.63) is 83.4 Å². The summed E-state index contributed by atoms with van der Waals surface area (Å²) in [6, 6.07) is 11.8. The number of carbonyl (C=O) groups excluding carboxylic acids is 1. The highest BCUT2D eigenvalue weighted by Gasteiger charge is 2.02. The Morgan fingerprint density at radius 3 is 2.41 bits per heavy atom. The number of hydrogen-bond donors (Lipinski definition) is 1. The zero-order valence-corrected chi connectivity index (χ0v) is 15.5. The van der Waals surface area contributed by atoms with Crippen LogP contribution in [0.25, 0.3) is 12.2 Å². The minimum absolute atomic E-state index is 0.174. The van der Waals surface area contributed by atoms with Crippen molar-refractivity contribution < 1.29 is 19.0 Å². The van der Waals surface area contributed by atoms with Crippen LogP contribution in [0.1, 0.15) is 11.1 Å². The first-order valence-corrected chi connectivity index (χ1v) is 8.31. The first kappa shape index (κ1) is 20.0. The fourth-order valence-electron chi connectivity index (χ4n) is 2.31. The summed E-state index contributed by atoms with van der Waals surface area (Å²) in [5.41, 5.74) is 2.41. The van der Waals surface area contributed by atoms with Gasteiger partial charge in [-0.05, 0) is 54.1 Å². The Morgan fingerprint density at radius 2 is 1.78 bits per heavy atom. The van der Waals surface area contributed by atoms with Crippen LogP contribution in [0.4, 0.5) is 10.1 Å². The number of rotatable bonds is 7. The third kappa shape index (κ3) is 6.15. The van der Waals surface area contributed by atoms with E-state index in [4.69, 9.17) is 4.74 Å². The molecule has 0 aliphatic rings. The Bertz CT molecular complexity index is 881. The highest BCUT2D eigenvalue weighted by Crippen LogP contribution is 2.20. The molecule has 0 radical (unpaired) electrons. The molecule has 0 aromatic heterocycles. The topological polar surface area (TPSA) is 49.8 Å². The number of anilines is 1. The molecule has 0 heterocycles. The fraction of sp³-hybridized carbons (Fsp3) is 0.136. The molecule has 140 valence electrons. The Labute approximate surface area is 158 Å². The maximum absolute atomic E-state index is 13.3. The summed E-state index contributed by atoms with van der Waals surface area (Å²) in [6.07, 6.45) is 6.93. The standard InChI is InChI=1S/C22H22FNO3/c1-24(2)19-9-4-16(5-10-19)6-11-20(25)15-21(26)12-7-17-14-18(23)8-13-22(17)27-3/h4-15,25H,1-3H3/b11-6+,12-7+,20-15-. The molecule has 5 heteroatoms. The van der Waals surface area contributed by atoms with Crippen molar-refractivity contribution in [2.24, 2.45) is 0 Å². The van der Waals surface area contributed by atoms with Gasteiger partial charge in [-0.1, -0.05) is 18.2 Å². The van der Waals surface area contributed by atoms with Crippen molar-refractivity contribution >= 4 is 23.6 Å². The van der Waals surface area contributed by atoms with Crippen molar-refractivity contribution in [1.82, 2.24) is 0 Å². The molecule has 0 fully saturated rings. The van der Waals surface area contributed by atoms with Gasteiger partial charge >= 0.3 is 0 Å². The maximum atomic E-state index is 13.3. The Kier molecular flexibility index (Phi) is 6.94. The van der Waals surface area contributed by atoms with E-state index < -0.39 is 11.6 Å². The molecule has 0 amide bonds. The van der Waals surface area contributed by atoms with Crippen LogP contribution in [0.3, 0.4) is 0 Å². The molecule has 0 saturated heterocycles. The largest absolute Gasteiger partial charge is 0.508 e. The van der Waals surface area contributed by atoms with Crippen molar-refractivity contribution in [3.63, 3.8) is 0 Å². The van der Waals surface area contributed by atoms with Gasteiger partial charge in [0.05, 0.1) is 7.11 Å². The smallest absolute Gasteiger partial charge is 0.182 e. The molecule has 0 atom stereocenters. The zero-order valence-electron chi connectivity index (χ0n) is 15.5. The van der Waals surface area contributed by atoms with E-state index in [1.54, 1.807) is 6.08 Å². The molecule has 2 rings (SSSR count). The van der Waals surface area contributed by atoms with Gasteiger partial charge < -0.3 is 14.7 Å². The van der Waals surface area contributed by atoms with Gasteiger partial charge in [-0.25, -0.2) is 4.39 Å². The average Bonchev–Trinajstić information content (AvgIpc) is 2.65. The second-order valence-corrected chi connectivity index (χ2v) is 6.01. The molecule has 27 heavy (non-hydrogen) atoms. The van der Waals surface area contributed by atoms with Crippen LogP contribution in [0, 0.1) is 5.82 Å². The highest BCUT2D eigenvalue weighted by molar-refractivity contribution is 6.02. The number of ether oxygens (including phenoxy) is 1. The van der Waals surface area contributed by atoms with Crippen LogP contribution in [-0.2, 0) is 4.79 Å². The third-order valence-electron chi connectivity index (χ3n) is 3.77. The molecule has 4 nitrogen and oxygen atoms in total. The number of methoxy groups -OCH3 is 1. The summed E-state index contributed by atoms with van der Waals surface area (Å²) in [4.78, 5) is 13.9. The van der Waals surface area contributed by atoms with Crippen molar-refractivity contribution in [2.45, 2.75) is 0 Å². The maximum Gasteiger partial charge on any atom is 0.182 e. The molecule has 0 bridgehead atoms. The van der Waals surface area contributed by atoms with E-state index in [-0.39, 0.29) is 5.76 Å². The summed E-state index contributed by atoms with van der Waals surface area (Å²) in [5, 5.41) is 9.89. The van der Waals surface area contributed by atoms with Crippen LogP contribution in [0.15, 0.2) is 66.5 Å². The third-order valence-corrected chi connectivity index (χ3v) is 3.77. The van der Waals surface area contributed by atoms with Gasteiger partial charge in [0, 0.05) is 31.4 Å². The van der Waals surface area contributed by atoms with E-state index in [1.807, 2.05) is 43.3 Å². The summed E-state index contributed by atoms with van der Waals surface area (Å²) >= 11 is 0. The molecule has 0 saturated carbocycles. The number of aliphatic hydroxyl groups is 1. The Hall–Kier alpha value is -3.34. The summed E-state index contributed by atoms with van der Waals surface area (Å²) in [5.74, 6) is -0.571. The summed E-state index contributed by atoms with van der Waals surface area (Å²) in [6.45, 7) is 0. The summed E-state index contributed by atoms with van der Waals surface area (Å²) < 4.78 is 18.4. The zero-order chi connectivity index (χ0) is 19.8. The highest BCUT2D eigenvalue weighted by atomic mass is 19.1. The van der Waals surface area contributed by atoms with Crippen LogP contribution in [0.2, 0.25) is 0 Å². The van der Waals surface area contributed by atoms with Crippen LogP contribution >= 0.6 is 0 Å². The molecular weight excluding hydrogens is 345 g/mol. The molecule has 2 aromatic rings. The molecule has 0 unspecified atom stereocenters. The predicted molar refractivity (Wildman–Crippen MR) is 108 cm³/mol.